The van der Waals surface area contributed by atoms with Crippen LogP contribution in [0, 0.1) is 6.92 Å². The van der Waals surface area contributed by atoms with Crippen molar-refractivity contribution in [3.05, 3.63) is 28.2 Å². The molecule has 0 unspecified atom stereocenters. The fourth-order valence-corrected chi connectivity index (χ4v) is 1.22. The van der Waals surface area contributed by atoms with Gasteiger partial charge in [-0.1, -0.05) is 0 Å². The first-order chi connectivity index (χ1) is 7.06. The van der Waals surface area contributed by atoms with Gasteiger partial charge < -0.3 is 14.4 Å². The van der Waals surface area contributed by atoms with Crippen LogP contribution in [0.1, 0.15) is 12.1 Å². The first kappa shape index (κ1) is 11.3. The molecule has 0 aromatic carbocycles. The predicted molar refractivity (Wildman–Crippen MR) is 53.7 cm³/mol. The van der Waals surface area contributed by atoms with E-state index in [1.54, 1.807) is 17.7 Å². The molecule has 0 bridgehead atoms. The van der Waals surface area contributed by atoms with Gasteiger partial charge in [0, 0.05) is 18.8 Å². The summed E-state index contributed by atoms with van der Waals surface area (Å²) in [6.45, 7) is 2.00. The first-order valence-corrected chi connectivity index (χ1v) is 4.52. The van der Waals surface area contributed by atoms with Crippen LogP contribution in [-0.4, -0.2) is 22.8 Å². The monoisotopic (exact) mass is 211 g/mol. The van der Waals surface area contributed by atoms with Crippen LogP contribution in [0.15, 0.2) is 17.1 Å². The van der Waals surface area contributed by atoms with Crippen LogP contribution < -0.4 is 5.43 Å². The van der Waals surface area contributed by atoms with E-state index in [-0.39, 0.29) is 18.1 Å². The molecule has 0 saturated heterocycles. The molecule has 0 atom stereocenters. The second kappa shape index (κ2) is 4.63. The number of rotatable bonds is 3. The van der Waals surface area contributed by atoms with Gasteiger partial charge in [-0.15, -0.1) is 0 Å². The minimum atomic E-state index is -0.415. The van der Waals surface area contributed by atoms with Crippen molar-refractivity contribution in [3.63, 3.8) is 0 Å². The predicted octanol–water partition coefficient (Wildman–Crippen LogP) is 0.425. The molecular formula is C10H13NO4. The van der Waals surface area contributed by atoms with E-state index in [1.165, 1.54) is 13.2 Å². The number of aryl methyl sites for hydroxylation is 1. The largest absolute Gasteiger partial charge is 0.503 e. The van der Waals surface area contributed by atoms with Crippen molar-refractivity contribution >= 4 is 5.97 Å². The van der Waals surface area contributed by atoms with Gasteiger partial charge in [-0.05, 0) is 6.92 Å². The molecule has 1 heterocycles. The van der Waals surface area contributed by atoms with Gasteiger partial charge in [0.1, 0.15) is 0 Å². The SMILES string of the molecule is COC(=O)CCn1ccc(=O)c(O)c1C. The zero-order chi connectivity index (χ0) is 11.4. The van der Waals surface area contributed by atoms with E-state index in [0.29, 0.717) is 12.2 Å². The second-order valence-corrected chi connectivity index (χ2v) is 3.13. The molecule has 15 heavy (non-hydrogen) atoms. The Bertz CT molecular complexity index is 422. The van der Waals surface area contributed by atoms with Crippen molar-refractivity contribution < 1.29 is 14.6 Å². The maximum atomic E-state index is 11.0. The van der Waals surface area contributed by atoms with E-state index in [1.807, 2.05) is 0 Å². The van der Waals surface area contributed by atoms with Gasteiger partial charge in [0.2, 0.25) is 5.43 Å². The molecule has 1 aromatic rings. The quantitative estimate of drug-likeness (QED) is 0.736. The van der Waals surface area contributed by atoms with Gasteiger partial charge in [-0.2, -0.15) is 0 Å². The number of aromatic nitrogens is 1. The lowest BCUT2D eigenvalue weighted by Gasteiger charge is -2.10. The Labute approximate surface area is 86.9 Å². The third-order valence-electron chi connectivity index (χ3n) is 2.20. The highest BCUT2D eigenvalue weighted by atomic mass is 16.5. The van der Waals surface area contributed by atoms with E-state index in [4.69, 9.17) is 0 Å². The van der Waals surface area contributed by atoms with Crippen molar-refractivity contribution in [1.29, 1.82) is 0 Å². The summed E-state index contributed by atoms with van der Waals surface area (Å²) in [7, 11) is 1.32. The van der Waals surface area contributed by atoms with E-state index >= 15 is 0 Å². The number of esters is 1. The summed E-state index contributed by atoms with van der Waals surface area (Å²) in [5.74, 6) is -0.602. The van der Waals surface area contributed by atoms with Crippen LogP contribution in [0.2, 0.25) is 0 Å². The molecule has 0 radical (unpaired) electrons. The van der Waals surface area contributed by atoms with Crippen LogP contribution in [0.4, 0.5) is 0 Å². The van der Waals surface area contributed by atoms with E-state index in [2.05, 4.69) is 4.74 Å². The van der Waals surface area contributed by atoms with Gasteiger partial charge >= 0.3 is 5.97 Å². The van der Waals surface area contributed by atoms with E-state index < -0.39 is 5.43 Å². The highest BCUT2D eigenvalue weighted by Gasteiger charge is 2.06. The number of methoxy groups -OCH3 is 1. The molecule has 1 aromatic heterocycles. The lowest BCUT2D eigenvalue weighted by atomic mass is 10.3. The summed E-state index contributed by atoms with van der Waals surface area (Å²) in [5.41, 5.74) is 0.0354. The summed E-state index contributed by atoms with van der Waals surface area (Å²) in [6, 6.07) is 1.26. The third-order valence-corrected chi connectivity index (χ3v) is 2.20. The molecule has 0 aliphatic carbocycles. The number of carbonyl (C=O) groups excluding carboxylic acids is 1. The van der Waals surface area contributed by atoms with Crippen LogP contribution in [-0.2, 0) is 16.1 Å². The van der Waals surface area contributed by atoms with Gasteiger partial charge in [0.25, 0.3) is 0 Å². The van der Waals surface area contributed by atoms with Gasteiger partial charge in [-0.25, -0.2) is 0 Å². The van der Waals surface area contributed by atoms with Crippen LogP contribution in [0.25, 0.3) is 0 Å². The number of hydrogen-bond donors (Lipinski definition) is 1. The Morgan fingerprint density at radius 3 is 2.87 bits per heavy atom. The summed E-state index contributed by atoms with van der Waals surface area (Å²) in [6.07, 6.45) is 1.75. The average molecular weight is 211 g/mol. The zero-order valence-electron chi connectivity index (χ0n) is 8.69. The normalized spacial score (nSPS) is 10.0. The van der Waals surface area contributed by atoms with Crippen molar-refractivity contribution in [2.75, 3.05) is 7.11 Å². The fraction of sp³-hybridized carbons (Fsp3) is 0.400. The molecule has 0 aliphatic heterocycles. The summed E-state index contributed by atoms with van der Waals surface area (Å²) >= 11 is 0. The zero-order valence-corrected chi connectivity index (χ0v) is 8.69. The third kappa shape index (κ3) is 2.59. The number of aromatic hydroxyl groups is 1. The van der Waals surface area contributed by atoms with Gasteiger partial charge in [0.15, 0.2) is 5.75 Å². The van der Waals surface area contributed by atoms with Crippen molar-refractivity contribution in [1.82, 2.24) is 4.57 Å². The maximum Gasteiger partial charge on any atom is 0.307 e. The second-order valence-electron chi connectivity index (χ2n) is 3.13. The summed E-state index contributed by atoms with van der Waals surface area (Å²) in [5, 5.41) is 9.36. The molecule has 0 fully saturated rings. The van der Waals surface area contributed by atoms with Gasteiger partial charge in [-0.3, -0.25) is 9.59 Å². The number of pyridine rings is 1. The molecule has 0 aliphatic rings. The molecule has 1 rings (SSSR count). The lowest BCUT2D eigenvalue weighted by molar-refractivity contribution is -0.140. The average Bonchev–Trinajstić information content (AvgIpc) is 2.24. The highest BCUT2D eigenvalue weighted by Crippen LogP contribution is 2.09. The number of ether oxygens (including phenoxy) is 1. The van der Waals surface area contributed by atoms with E-state index in [9.17, 15) is 14.7 Å². The van der Waals surface area contributed by atoms with Crippen LogP contribution >= 0.6 is 0 Å². The molecule has 0 spiro atoms. The minimum Gasteiger partial charge on any atom is -0.503 e. The van der Waals surface area contributed by atoms with Crippen molar-refractivity contribution in [2.24, 2.45) is 0 Å². The van der Waals surface area contributed by atoms with Gasteiger partial charge in [0.05, 0.1) is 19.2 Å². The molecule has 82 valence electrons. The Morgan fingerprint density at radius 1 is 1.60 bits per heavy atom. The van der Waals surface area contributed by atoms with Crippen molar-refractivity contribution in [3.8, 4) is 5.75 Å². The molecule has 1 N–H and O–H groups in total. The Morgan fingerprint density at radius 2 is 2.27 bits per heavy atom. The Kier molecular flexibility index (Phi) is 3.49. The number of carbonyl (C=O) groups is 1. The topological polar surface area (TPSA) is 68.5 Å². The summed E-state index contributed by atoms with van der Waals surface area (Å²) < 4.78 is 6.12. The number of hydrogen-bond acceptors (Lipinski definition) is 4. The molecular weight excluding hydrogens is 198 g/mol. The smallest absolute Gasteiger partial charge is 0.307 e. The fourth-order valence-electron chi connectivity index (χ4n) is 1.22. The molecule has 0 saturated carbocycles. The van der Waals surface area contributed by atoms with Crippen LogP contribution in [0.3, 0.4) is 0 Å². The molecule has 0 amide bonds. The Hall–Kier alpha value is -1.78. The number of nitrogens with zero attached hydrogens (tertiary/aromatic N) is 1. The summed E-state index contributed by atoms with van der Waals surface area (Å²) in [4.78, 5) is 21.9. The molecule has 5 heteroatoms. The highest BCUT2D eigenvalue weighted by molar-refractivity contribution is 5.69. The first-order valence-electron chi connectivity index (χ1n) is 4.52. The Balaban J connectivity index is 2.83. The van der Waals surface area contributed by atoms with E-state index in [0.717, 1.165) is 0 Å². The molecule has 5 nitrogen and oxygen atoms in total. The minimum absolute atomic E-state index is 0.208. The maximum absolute atomic E-state index is 11.0. The van der Waals surface area contributed by atoms with Crippen molar-refractivity contribution in [2.45, 2.75) is 19.9 Å². The van der Waals surface area contributed by atoms with Crippen LogP contribution in [0.5, 0.6) is 5.75 Å². The lowest BCUT2D eigenvalue weighted by Crippen LogP contribution is -2.13. The standard InChI is InChI=1S/C10H13NO4/c1-7-10(14)8(12)3-5-11(7)6-4-9(13)15-2/h3,5,14H,4,6H2,1-2H3.